The van der Waals surface area contributed by atoms with Crippen LogP contribution in [0.4, 0.5) is 5.69 Å². The van der Waals surface area contributed by atoms with Gasteiger partial charge in [0.25, 0.3) is 17.4 Å². The number of anilines is 1. The number of carbonyl (C=O) groups excluding carboxylic acids is 2. The van der Waals surface area contributed by atoms with E-state index in [0.717, 1.165) is 22.3 Å². The van der Waals surface area contributed by atoms with E-state index in [4.69, 9.17) is 4.98 Å². The highest BCUT2D eigenvalue weighted by Gasteiger charge is 2.35. The van der Waals surface area contributed by atoms with Gasteiger partial charge < -0.3 is 0 Å². The van der Waals surface area contributed by atoms with Gasteiger partial charge in [0.1, 0.15) is 5.65 Å². The quantitative estimate of drug-likeness (QED) is 0.205. The van der Waals surface area contributed by atoms with Gasteiger partial charge in [-0.25, -0.2) is 9.88 Å². The van der Waals surface area contributed by atoms with E-state index in [1.54, 1.807) is 46.9 Å². The number of imidazole rings is 1. The lowest BCUT2D eigenvalue weighted by Crippen LogP contribution is -2.40. The summed E-state index contributed by atoms with van der Waals surface area (Å²) in [4.78, 5) is 48.0. The van der Waals surface area contributed by atoms with Gasteiger partial charge in [-0.05, 0) is 70.8 Å². The Morgan fingerprint density at radius 3 is 1.66 bits per heavy atom. The Morgan fingerprint density at radius 2 is 1.05 bits per heavy atom. The van der Waals surface area contributed by atoms with Crippen LogP contribution in [0.1, 0.15) is 20.7 Å². The number of fused-ring (bicyclic) bond motifs is 4. The zero-order valence-corrected chi connectivity index (χ0v) is 23.2. The maximum absolute atomic E-state index is 14.3. The molecular formula is C38H21N3O3. The number of benzene rings is 6. The minimum atomic E-state index is -0.413. The van der Waals surface area contributed by atoms with E-state index >= 15 is 0 Å². The van der Waals surface area contributed by atoms with Crippen LogP contribution >= 0.6 is 0 Å². The molecule has 6 aromatic carbocycles. The lowest BCUT2D eigenvalue weighted by Gasteiger charge is -2.27. The highest BCUT2D eigenvalue weighted by Crippen LogP contribution is 2.40. The first-order chi connectivity index (χ1) is 21.6. The van der Waals surface area contributed by atoms with Crippen LogP contribution in [-0.2, 0) is 0 Å². The number of rotatable bonds is 3. The number of imide groups is 1. The number of carbonyl (C=O) groups is 2. The van der Waals surface area contributed by atoms with Crippen LogP contribution in [0, 0.1) is 0 Å². The van der Waals surface area contributed by atoms with Crippen molar-refractivity contribution in [1.29, 1.82) is 0 Å². The fourth-order valence-corrected chi connectivity index (χ4v) is 6.70. The molecule has 0 saturated heterocycles. The van der Waals surface area contributed by atoms with Crippen molar-refractivity contribution in [1.82, 2.24) is 9.38 Å². The second kappa shape index (κ2) is 8.93. The summed E-state index contributed by atoms with van der Waals surface area (Å²) in [5.41, 5.74) is 7.01. The van der Waals surface area contributed by atoms with Crippen molar-refractivity contribution >= 4 is 55.7 Å². The standard InChI is InChI=1S/C38H21N3O3/c42-36-27-17-16-25-33-26(18-19-28(34(27)33)37(43)40(36)24-14-8-3-9-15-24)38(44)41-32-21-30(23-12-6-2-7-13-23)29(20-31(32)39-35(25)41)22-10-4-1-5-11-22/h1-21H. The maximum Gasteiger partial charge on any atom is 0.265 e. The Kier molecular flexibility index (Phi) is 4.96. The van der Waals surface area contributed by atoms with E-state index in [2.05, 4.69) is 24.3 Å². The molecule has 0 spiro atoms. The van der Waals surface area contributed by atoms with Crippen LogP contribution in [-0.4, -0.2) is 21.2 Å². The molecule has 0 fully saturated rings. The molecule has 2 amide bonds. The number of pyridine rings is 1. The van der Waals surface area contributed by atoms with Crippen LogP contribution in [0.15, 0.2) is 132 Å². The molecular weight excluding hydrogens is 546 g/mol. The zero-order chi connectivity index (χ0) is 29.5. The van der Waals surface area contributed by atoms with Crippen molar-refractivity contribution in [2.75, 3.05) is 4.90 Å². The fourth-order valence-electron chi connectivity index (χ4n) is 6.70. The zero-order valence-electron chi connectivity index (χ0n) is 23.2. The van der Waals surface area contributed by atoms with Crippen molar-refractivity contribution in [3.05, 3.63) is 149 Å². The third-order valence-corrected chi connectivity index (χ3v) is 8.68. The van der Waals surface area contributed by atoms with Crippen LogP contribution in [0.2, 0.25) is 0 Å². The predicted octanol–water partition coefficient (Wildman–Crippen LogP) is 7.73. The summed E-state index contributed by atoms with van der Waals surface area (Å²) in [6, 6.07) is 40.2. The average Bonchev–Trinajstić information content (AvgIpc) is 3.46. The molecule has 2 aromatic heterocycles. The second-order valence-corrected chi connectivity index (χ2v) is 11.0. The smallest absolute Gasteiger partial charge is 0.265 e. The molecule has 0 bridgehead atoms. The molecule has 0 N–H and O–H groups in total. The van der Waals surface area contributed by atoms with Gasteiger partial charge in [0.05, 0.1) is 16.7 Å². The van der Waals surface area contributed by atoms with Crippen molar-refractivity contribution in [3.8, 4) is 22.3 Å². The summed E-state index contributed by atoms with van der Waals surface area (Å²) < 4.78 is 1.67. The van der Waals surface area contributed by atoms with E-state index in [9.17, 15) is 14.4 Å². The van der Waals surface area contributed by atoms with Crippen molar-refractivity contribution in [2.24, 2.45) is 0 Å². The predicted molar refractivity (Wildman–Crippen MR) is 174 cm³/mol. The van der Waals surface area contributed by atoms with Crippen LogP contribution < -0.4 is 10.5 Å². The molecule has 6 heteroatoms. The molecule has 6 nitrogen and oxygen atoms in total. The Balaban J connectivity index is 1.36. The van der Waals surface area contributed by atoms with Gasteiger partial charge in [-0.1, -0.05) is 78.9 Å². The summed E-state index contributed by atoms with van der Waals surface area (Å²) in [6.45, 7) is 0. The summed E-state index contributed by atoms with van der Waals surface area (Å²) in [5.74, 6) is -0.826. The highest BCUT2D eigenvalue weighted by atomic mass is 16.2. The molecule has 0 saturated carbocycles. The van der Waals surface area contributed by atoms with E-state index in [0.29, 0.717) is 55.0 Å². The number of hydrogen-bond donors (Lipinski definition) is 0. The number of nitrogens with zero attached hydrogens (tertiary/aromatic N) is 3. The molecule has 3 heterocycles. The normalized spacial score (nSPS) is 13.1. The third-order valence-electron chi connectivity index (χ3n) is 8.68. The monoisotopic (exact) mass is 567 g/mol. The van der Waals surface area contributed by atoms with Gasteiger partial charge in [-0.3, -0.25) is 18.8 Å². The van der Waals surface area contributed by atoms with Crippen molar-refractivity contribution in [2.45, 2.75) is 0 Å². The number of amides is 2. The van der Waals surface area contributed by atoms with Crippen LogP contribution in [0.25, 0.3) is 60.5 Å². The third kappa shape index (κ3) is 3.25. The Hall–Kier alpha value is -6.14. The highest BCUT2D eigenvalue weighted by molar-refractivity contribution is 6.38. The van der Waals surface area contributed by atoms with Crippen molar-refractivity contribution in [3.63, 3.8) is 0 Å². The molecule has 8 aromatic rings. The minimum Gasteiger partial charge on any atom is -0.268 e. The second-order valence-electron chi connectivity index (χ2n) is 11.0. The molecule has 0 radical (unpaired) electrons. The summed E-state index contributed by atoms with van der Waals surface area (Å²) in [6.07, 6.45) is 0. The van der Waals surface area contributed by atoms with Gasteiger partial charge in [0, 0.05) is 32.7 Å². The Bertz CT molecular complexity index is 2520. The lowest BCUT2D eigenvalue weighted by atomic mass is 9.90. The fraction of sp³-hybridized carbons (Fsp3) is 0. The molecule has 0 unspecified atom stereocenters. The summed E-state index contributed by atoms with van der Waals surface area (Å²) in [7, 11) is 0. The van der Waals surface area contributed by atoms with E-state index in [-0.39, 0.29) is 5.56 Å². The topological polar surface area (TPSA) is 71.7 Å². The first-order valence-electron chi connectivity index (χ1n) is 14.4. The largest absolute Gasteiger partial charge is 0.268 e. The molecule has 0 aliphatic carbocycles. The Labute approximate surface area is 250 Å². The SMILES string of the molecule is O=C1c2ccc3c(=O)n4c5cc(-c6ccccc6)c(-c6ccccc6)cc5nc4c4ccc(c2c34)C(=O)N1c1ccccc1. The van der Waals surface area contributed by atoms with Gasteiger partial charge in [-0.2, -0.15) is 0 Å². The molecule has 0 atom stereocenters. The van der Waals surface area contributed by atoms with E-state index < -0.39 is 11.8 Å². The van der Waals surface area contributed by atoms with Crippen LogP contribution in [0.3, 0.4) is 0 Å². The summed E-state index contributed by atoms with van der Waals surface area (Å²) in [5, 5.41) is 2.25. The van der Waals surface area contributed by atoms with E-state index in [1.807, 2.05) is 60.7 Å². The number of aromatic nitrogens is 2. The van der Waals surface area contributed by atoms with Gasteiger partial charge in [-0.15, -0.1) is 0 Å². The molecule has 44 heavy (non-hydrogen) atoms. The Morgan fingerprint density at radius 1 is 0.500 bits per heavy atom. The first kappa shape index (κ1) is 24.5. The molecule has 1 aliphatic heterocycles. The maximum atomic E-state index is 14.3. The van der Waals surface area contributed by atoms with Crippen molar-refractivity contribution < 1.29 is 9.59 Å². The summed E-state index contributed by atoms with van der Waals surface area (Å²) >= 11 is 0. The van der Waals surface area contributed by atoms with E-state index in [1.165, 1.54) is 4.90 Å². The van der Waals surface area contributed by atoms with Gasteiger partial charge >= 0.3 is 0 Å². The van der Waals surface area contributed by atoms with Crippen LogP contribution in [0.5, 0.6) is 0 Å². The number of hydrogen-bond acceptors (Lipinski definition) is 4. The number of para-hydroxylation sites is 1. The lowest BCUT2D eigenvalue weighted by molar-refractivity contribution is 0.0893. The minimum absolute atomic E-state index is 0.240. The molecule has 9 rings (SSSR count). The molecule has 1 aliphatic rings. The molecule has 206 valence electrons. The van der Waals surface area contributed by atoms with Gasteiger partial charge in [0.15, 0.2) is 0 Å². The van der Waals surface area contributed by atoms with Gasteiger partial charge in [0.2, 0.25) is 0 Å². The average molecular weight is 568 g/mol. The first-order valence-corrected chi connectivity index (χ1v) is 14.4.